The number of carbonyl (C=O) groups is 1. The number of nitrogens with zero attached hydrogens (tertiary/aromatic N) is 2. The summed E-state index contributed by atoms with van der Waals surface area (Å²) in [5.74, 6) is 0.774. The molecule has 2 fully saturated rings. The van der Waals surface area contributed by atoms with Gasteiger partial charge in [-0.3, -0.25) is 4.79 Å². The van der Waals surface area contributed by atoms with Crippen LogP contribution in [-0.4, -0.2) is 55.0 Å². The van der Waals surface area contributed by atoms with Crippen molar-refractivity contribution in [3.05, 3.63) is 0 Å². The maximum atomic E-state index is 12.1. The lowest BCUT2D eigenvalue weighted by molar-refractivity contribution is -0.139. The molecule has 0 aromatic heterocycles. The average Bonchev–Trinajstić information content (AvgIpc) is 2.59. The molecule has 1 aliphatic heterocycles. The molecule has 92 valence electrons. The van der Waals surface area contributed by atoms with Gasteiger partial charge < -0.3 is 15.5 Å². The van der Waals surface area contributed by atoms with E-state index in [4.69, 9.17) is 5.73 Å². The first-order valence-corrected chi connectivity index (χ1v) is 6.24. The van der Waals surface area contributed by atoms with Gasteiger partial charge in [-0.2, -0.15) is 0 Å². The van der Waals surface area contributed by atoms with E-state index in [1.165, 1.54) is 6.42 Å². The maximum Gasteiger partial charge on any atom is 0.242 e. The van der Waals surface area contributed by atoms with Gasteiger partial charge in [0, 0.05) is 20.1 Å². The van der Waals surface area contributed by atoms with Gasteiger partial charge in [-0.15, -0.1) is 0 Å². The summed E-state index contributed by atoms with van der Waals surface area (Å²) in [5.41, 5.74) is 5.52. The van der Waals surface area contributed by atoms with Gasteiger partial charge in [0.2, 0.25) is 5.91 Å². The zero-order chi connectivity index (χ0) is 11.8. The number of nitrogens with two attached hydrogens (primary N) is 1. The lowest BCUT2D eigenvalue weighted by Gasteiger charge is -2.39. The number of hydrogen-bond acceptors (Lipinski definition) is 3. The molecule has 0 aromatic carbocycles. The molecular weight excluding hydrogens is 202 g/mol. The van der Waals surface area contributed by atoms with Crippen molar-refractivity contribution in [2.45, 2.75) is 31.2 Å². The van der Waals surface area contributed by atoms with Crippen LogP contribution in [0.25, 0.3) is 0 Å². The first-order valence-electron chi connectivity index (χ1n) is 6.24. The van der Waals surface area contributed by atoms with Crippen LogP contribution >= 0.6 is 0 Å². The second-order valence-electron chi connectivity index (χ2n) is 5.61. The molecule has 0 bridgehead atoms. The lowest BCUT2D eigenvalue weighted by Crippen LogP contribution is -2.59. The molecule has 0 radical (unpaired) electrons. The number of hydrogen-bond donors (Lipinski definition) is 1. The fraction of sp³-hybridized carbons (Fsp3) is 0.917. The number of rotatable bonds is 3. The van der Waals surface area contributed by atoms with Gasteiger partial charge >= 0.3 is 0 Å². The Kier molecular flexibility index (Phi) is 3.22. The highest BCUT2D eigenvalue weighted by atomic mass is 16.2. The molecule has 2 aliphatic rings. The predicted molar refractivity (Wildman–Crippen MR) is 64.0 cm³/mol. The molecule has 1 aliphatic carbocycles. The van der Waals surface area contributed by atoms with Crippen molar-refractivity contribution in [1.29, 1.82) is 0 Å². The van der Waals surface area contributed by atoms with Crippen molar-refractivity contribution >= 4 is 5.91 Å². The van der Waals surface area contributed by atoms with Gasteiger partial charge in [-0.1, -0.05) is 0 Å². The molecule has 4 heteroatoms. The molecule has 2 rings (SSSR count). The third-order valence-electron chi connectivity index (χ3n) is 4.04. The Morgan fingerprint density at radius 3 is 2.69 bits per heavy atom. The Morgan fingerprint density at radius 2 is 2.25 bits per heavy atom. The standard InChI is InChI=1S/C12H23N3O/c1-14-7-4-10(8-14)9-15(2)11(16)12(13)5-3-6-12/h10H,3-9,13H2,1-2H3. The summed E-state index contributed by atoms with van der Waals surface area (Å²) < 4.78 is 0. The SMILES string of the molecule is CN1CCC(CN(C)C(=O)C2(N)CCC2)C1. The zero-order valence-electron chi connectivity index (χ0n) is 10.4. The summed E-state index contributed by atoms with van der Waals surface area (Å²) in [5, 5.41) is 0. The summed E-state index contributed by atoms with van der Waals surface area (Å²) in [6.45, 7) is 3.12. The van der Waals surface area contributed by atoms with E-state index in [0.29, 0.717) is 5.92 Å². The molecule has 16 heavy (non-hydrogen) atoms. The van der Waals surface area contributed by atoms with E-state index >= 15 is 0 Å². The zero-order valence-corrected chi connectivity index (χ0v) is 10.4. The fourth-order valence-corrected chi connectivity index (χ4v) is 2.80. The Hall–Kier alpha value is -0.610. The lowest BCUT2D eigenvalue weighted by atomic mass is 9.76. The highest BCUT2D eigenvalue weighted by Crippen LogP contribution is 2.31. The van der Waals surface area contributed by atoms with Gasteiger partial charge in [-0.05, 0) is 45.2 Å². The highest BCUT2D eigenvalue weighted by Gasteiger charge is 2.42. The van der Waals surface area contributed by atoms with Crippen LogP contribution in [0.15, 0.2) is 0 Å². The monoisotopic (exact) mass is 225 g/mol. The van der Waals surface area contributed by atoms with E-state index in [9.17, 15) is 4.79 Å². The molecule has 1 atom stereocenters. The number of likely N-dealkylation sites (N-methyl/N-ethyl adjacent to an activating group) is 1. The number of carbonyl (C=O) groups excluding carboxylic acids is 1. The summed E-state index contributed by atoms with van der Waals surface area (Å²) in [4.78, 5) is 16.3. The van der Waals surface area contributed by atoms with Crippen LogP contribution < -0.4 is 5.73 Å². The maximum absolute atomic E-state index is 12.1. The Bertz CT molecular complexity index is 275. The van der Waals surface area contributed by atoms with Crippen LogP contribution in [0.4, 0.5) is 0 Å². The van der Waals surface area contributed by atoms with Crippen LogP contribution in [0.3, 0.4) is 0 Å². The Morgan fingerprint density at radius 1 is 1.56 bits per heavy atom. The molecule has 1 unspecified atom stereocenters. The van der Waals surface area contributed by atoms with E-state index in [1.807, 2.05) is 11.9 Å². The summed E-state index contributed by atoms with van der Waals surface area (Å²) in [6, 6.07) is 0. The van der Waals surface area contributed by atoms with Crippen LogP contribution in [0.1, 0.15) is 25.7 Å². The van der Waals surface area contributed by atoms with Crippen molar-refractivity contribution in [2.24, 2.45) is 11.7 Å². The second kappa shape index (κ2) is 4.34. The normalized spacial score (nSPS) is 28.8. The van der Waals surface area contributed by atoms with Crippen molar-refractivity contribution in [1.82, 2.24) is 9.80 Å². The Balaban J connectivity index is 1.83. The molecule has 0 aromatic rings. The van der Waals surface area contributed by atoms with Crippen LogP contribution in [0, 0.1) is 5.92 Å². The minimum absolute atomic E-state index is 0.147. The fourth-order valence-electron chi connectivity index (χ4n) is 2.80. The van der Waals surface area contributed by atoms with Gasteiger partial charge in [0.05, 0.1) is 5.54 Å². The average molecular weight is 225 g/mol. The van der Waals surface area contributed by atoms with E-state index in [2.05, 4.69) is 11.9 Å². The highest BCUT2D eigenvalue weighted by molar-refractivity contribution is 5.86. The van der Waals surface area contributed by atoms with E-state index in [-0.39, 0.29) is 5.91 Å². The van der Waals surface area contributed by atoms with Gasteiger partial charge in [-0.25, -0.2) is 0 Å². The topological polar surface area (TPSA) is 49.6 Å². The molecule has 1 amide bonds. The predicted octanol–water partition coefficient (Wildman–Crippen LogP) is 0.278. The summed E-state index contributed by atoms with van der Waals surface area (Å²) >= 11 is 0. The van der Waals surface area contributed by atoms with E-state index in [1.54, 1.807) is 0 Å². The minimum atomic E-state index is -0.529. The first-order chi connectivity index (χ1) is 7.51. The molecule has 2 N–H and O–H groups in total. The number of likely N-dealkylation sites (tertiary alicyclic amines) is 1. The van der Waals surface area contributed by atoms with E-state index in [0.717, 1.165) is 38.9 Å². The van der Waals surface area contributed by atoms with Crippen molar-refractivity contribution in [3.63, 3.8) is 0 Å². The quantitative estimate of drug-likeness (QED) is 0.750. The van der Waals surface area contributed by atoms with Crippen molar-refractivity contribution in [2.75, 3.05) is 33.7 Å². The molecular formula is C12H23N3O. The van der Waals surface area contributed by atoms with Crippen LogP contribution in [0.2, 0.25) is 0 Å². The van der Waals surface area contributed by atoms with Crippen molar-refractivity contribution < 1.29 is 4.79 Å². The third-order valence-corrected chi connectivity index (χ3v) is 4.04. The largest absolute Gasteiger partial charge is 0.344 e. The molecule has 1 saturated heterocycles. The Labute approximate surface area is 97.8 Å². The van der Waals surface area contributed by atoms with E-state index < -0.39 is 5.54 Å². The molecule has 1 heterocycles. The van der Waals surface area contributed by atoms with Crippen molar-refractivity contribution in [3.8, 4) is 0 Å². The third kappa shape index (κ3) is 2.23. The molecule has 0 spiro atoms. The second-order valence-corrected chi connectivity index (χ2v) is 5.61. The van der Waals surface area contributed by atoms with Gasteiger partial charge in [0.1, 0.15) is 0 Å². The molecule has 4 nitrogen and oxygen atoms in total. The summed E-state index contributed by atoms with van der Waals surface area (Å²) in [7, 11) is 4.03. The van der Waals surface area contributed by atoms with Crippen LogP contribution in [0.5, 0.6) is 0 Å². The smallest absolute Gasteiger partial charge is 0.242 e. The van der Waals surface area contributed by atoms with Gasteiger partial charge in [0.15, 0.2) is 0 Å². The minimum Gasteiger partial charge on any atom is -0.344 e. The first kappa shape index (κ1) is 11.9. The number of amides is 1. The molecule has 1 saturated carbocycles. The summed E-state index contributed by atoms with van der Waals surface area (Å²) in [6.07, 6.45) is 4.02. The van der Waals surface area contributed by atoms with Crippen LogP contribution in [-0.2, 0) is 4.79 Å². The van der Waals surface area contributed by atoms with Gasteiger partial charge in [0.25, 0.3) is 0 Å².